The molecule has 6 nitrogen and oxygen atoms in total. The van der Waals surface area contributed by atoms with Crippen LogP contribution in [0.15, 0.2) is 79.4 Å². The molecular formula is C24H21N5O. The Hall–Kier alpha value is -3.80. The van der Waals surface area contributed by atoms with E-state index in [-0.39, 0.29) is 0 Å². The maximum absolute atomic E-state index is 5.85. The third-order valence-corrected chi connectivity index (χ3v) is 5.20. The van der Waals surface area contributed by atoms with Crippen molar-refractivity contribution in [1.82, 2.24) is 19.9 Å². The number of pyridine rings is 2. The van der Waals surface area contributed by atoms with Crippen molar-refractivity contribution in [2.45, 2.75) is 19.6 Å². The van der Waals surface area contributed by atoms with Gasteiger partial charge in [-0.2, -0.15) is 0 Å². The minimum absolute atomic E-state index is 0.441. The second-order valence-electron chi connectivity index (χ2n) is 7.14. The fraction of sp³-hybridized carbons (Fsp3) is 0.167. The van der Waals surface area contributed by atoms with Gasteiger partial charge in [-0.3, -0.25) is 15.0 Å². The van der Waals surface area contributed by atoms with Gasteiger partial charge in [-0.25, -0.2) is 4.98 Å². The summed E-state index contributed by atoms with van der Waals surface area (Å²) in [7, 11) is 0. The second kappa shape index (κ2) is 8.29. The van der Waals surface area contributed by atoms with E-state index in [0.29, 0.717) is 6.61 Å². The van der Waals surface area contributed by atoms with Crippen molar-refractivity contribution in [3.8, 4) is 17.0 Å². The average molecular weight is 395 g/mol. The van der Waals surface area contributed by atoms with Crippen LogP contribution < -0.4 is 9.64 Å². The summed E-state index contributed by atoms with van der Waals surface area (Å²) in [6, 6.07) is 17.9. The maximum atomic E-state index is 5.85. The fourth-order valence-electron chi connectivity index (χ4n) is 3.65. The Bertz CT molecular complexity index is 1130. The third-order valence-electron chi connectivity index (χ3n) is 5.20. The molecule has 0 aliphatic carbocycles. The monoisotopic (exact) mass is 395 g/mol. The van der Waals surface area contributed by atoms with Crippen molar-refractivity contribution < 1.29 is 4.74 Å². The third kappa shape index (κ3) is 3.85. The Morgan fingerprint density at radius 1 is 0.800 bits per heavy atom. The van der Waals surface area contributed by atoms with Gasteiger partial charge in [-0.15, -0.1) is 0 Å². The molecule has 0 N–H and O–H groups in total. The van der Waals surface area contributed by atoms with E-state index in [0.717, 1.165) is 53.7 Å². The van der Waals surface area contributed by atoms with Crippen LogP contribution in [-0.2, 0) is 19.6 Å². The highest BCUT2D eigenvalue weighted by molar-refractivity contribution is 5.72. The van der Waals surface area contributed by atoms with Crippen LogP contribution in [0.5, 0.6) is 5.75 Å². The summed E-state index contributed by atoms with van der Waals surface area (Å²) < 4.78 is 5.85. The largest absolute Gasteiger partial charge is 0.487 e. The van der Waals surface area contributed by atoms with Gasteiger partial charge in [0.2, 0.25) is 0 Å². The molecule has 0 saturated carbocycles. The molecule has 0 atom stereocenters. The van der Waals surface area contributed by atoms with Crippen LogP contribution in [0.25, 0.3) is 11.3 Å². The maximum Gasteiger partial charge on any atom is 0.155 e. The molecule has 1 aliphatic heterocycles. The van der Waals surface area contributed by atoms with Crippen molar-refractivity contribution in [1.29, 1.82) is 0 Å². The molecule has 3 aromatic heterocycles. The van der Waals surface area contributed by atoms with Crippen molar-refractivity contribution in [2.24, 2.45) is 0 Å². The number of anilines is 1. The Morgan fingerprint density at radius 3 is 2.53 bits per heavy atom. The van der Waals surface area contributed by atoms with E-state index in [1.807, 2.05) is 54.7 Å². The SMILES string of the molecule is c1ccc(COc2ccc(-c3nccnc3N3CCc4cccnc4C3)cc2)nc1. The van der Waals surface area contributed by atoms with Crippen LogP contribution in [0.3, 0.4) is 0 Å². The number of nitrogens with zero attached hydrogens (tertiary/aromatic N) is 5. The van der Waals surface area contributed by atoms with Crippen molar-refractivity contribution in [3.63, 3.8) is 0 Å². The lowest BCUT2D eigenvalue weighted by Crippen LogP contribution is -2.32. The van der Waals surface area contributed by atoms with Gasteiger partial charge in [0.05, 0.1) is 17.9 Å². The number of hydrogen-bond donors (Lipinski definition) is 0. The number of hydrogen-bond acceptors (Lipinski definition) is 6. The molecule has 0 radical (unpaired) electrons. The second-order valence-corrected chi connectivity index (χ2v) is 7.14. The van der Waals surface area contributed by atoms with Crippen molar-refractivity contribution in [2.75, 3.05) is 11.4 Å². The van der Waals surface area contributed by atoms with E-state index in [1.165, 1.54) is 5.56 Å². The van der Waals surface area contributed by atoms with Crippen molar-refractivity contribution >= 4 is 5.82 Å². The zero-order valence-electron chi connectivity index (χ0n) is 16.5. The van der Waals surface area contributed by atoms with Crippen LogP contribution in [0, 0.1) is 0 Å². The summed E-state index contributed by atoms with van der Waals surface area (Å²) in [5.74, 6) is 1.68. The summed E-state index contributed by atoms with van der Waals surface area (Å²) >= 11 is 0. The summed E-state index contributed by atoms with van der Waals surface area (Å²) in [6.45, 7) is 2.08. The van der Waals surface area contributed by atoms with E-state index in [9.17, 15) is 0 Å². The topological polar surface area (TPSA) is 64.0 Å². The molecule has 148 valence electrons. The van der Waals surface area contributed by atoms with E-state index in [4.69, 9.17) is 4.74 Å². The lowest BCUT2D eigenvalue weighted by atomic mass is 10.0. The first kappa shape index (κ1) is 18.2. The van der Waals surface area contributed by atoms with E-state index in [1.54, 1.807) is 18.6 Å². The van der Waals surface area contributed by atoms with Crippen LogP contribution in [0.2, 0.25) is 0 Å². The van der Waals surface area contributed by atoms with Gasteiger partial charge in [0.1, 0.15) is 18.1 Å². The van der Waals surface area contributed by atoms with E-state index >= 15 is 0 Å². The average Bonchev–Trinajstić information content (AvgIpc) is 2.83. The van der Waals surface area contributed by atoms with Gasteiger partial charge in [-0.1, -0.05) is 12.1 Å². The van der Waals surface area contributed by atoms with Gasteiger partial charge in [-0.05, 0) is 54.4 Å². The van der Waals surface area contributed by atoms with Gasteiger partial charge in [0.15, 0.2) is 5.82 Å². The van der Waals surface area contributed by atoms with Crippen LogP contribution in [0.4, 0.5) is 5.82 Å². The van der Waals surface area contributed by atoms with Gasteiger partial charge >= 0.3 is 0 Å². The molecule has 0 fully saturated rings. The standard InChI is InChI=1S/C24H21N5O/c1-2-11-25-20(5-1)17-30-21-8-6-19(7-9-21)23-24(28-14-13-27-23)29-15-10-18-4-3-12-26-22(18)16-29/h1-9,11-14H,10,15-17H2. The number of ether oxygens (including phenoxy) is 1. The summed E-state index contributed by atoms with van der Waals surface area (Å²) in [5, 5.41) is 0. The molecule has 0 amide bonds. The molecule has 30 heavy (non-hydrogen) atoms. The molecule has 5 rings (SSSR count). The predicted octanol–water partition coefficient (Wildman–Crippen LogP) is 4.08. The number of fused-ring (bicyclic) bond motifs is 1. The molecule has 0 spiro atoms. The Kier molecular flexibility index (Phi) is 5.04. The zero-order chi connectivity index (χ0) is 20.2. The molecular weight excluding hydrogens is 374 g/mol. The smallest absolute Gasteiger partial charge is 0.155 e. The molecule has 4 heterocycles. The van der Waals surface area contributed by atoms with Crippen molar-refractivity contribution in [3.05, 3.63) is 96.3 Å². The van der Waals surface area contributed by atoms with Gasteiger partial charge in [0.25, 0.3) is 0 Å². The molecule has 1 aliphatic rings. The Balaban J connectivity index is 1.35. The minimum atomic E-state index is 0.441. The molecule has 0 bridgehead atoms. The summed E-state index contributed by atoms with van der Waals surface area (Å²) in [5.41, 5.74) is 5.20. The highest BCUT2D eigenvalue weighted by Crippen LogP contribution is 2.31. The molecule has 0 unspecified atom stereocenters. The zero-order valence-corrected chi connectivity index (χ0v) is 16.5. The molecule has 4 aromatic rings. The van der Waals surface area contributed by atoms with E-state index < -0.39 is 0 Å². The molecule has 1 aromatic carbocycles. The number of benzene rings is 1. The normalized spacial score (nSPS) is 13.0. The van der Waals surface area contributed by atoms with Gasteiger partial charge in [0, 0.05) is 36.9 Å². The molecule has 0 saturated heterocycles. The van der Waals surface area contributed by atoms with Crippen LogP contribution in [0.1, 0.15) is 17.0 Å². The number of rotatable bonds is 5. The fourth-order valence-corrected chi connectivity index (χ4v) is 3.65. The Morgan fingerprint density at radius 2 is 1.67 bits per heavy atom. The Labute approximate surface area is 175 Å². The van der Waals surface area contributed by atoms with Gasteiger partial charge < -0.3 is 9.64 Å². The minimum Gasteiger partial charge on any atom is -0.487 e. The summed E-state index contributed by atoms with van der Waals surface area (Å²) in [6.07, 6.45) is 8.06. The predicted molar refractivity (Wildman–Crippen MR) is 115 cm³/mol. The first-order chi connectivity index (χ1) is 14.9. The summed E-state index contributed by atoms with van der Waals surface area (Å²) in [4.78, 5) is 20.4. The number of aromatic nitrogens is 4. The lowest BCUT2D eigenvalue weighted by molar-refractivity contribution is 0.301. The highest BCUT2D eigenvalue weighted by Gasteiger charge is 2.21. The van der Waals surface area contributed by atoms with E-state index in [2.05, 4.69) is 30.9 Å². The van der Waals surface area contributed by atoms with Crippen LogP contribution >= 0.6 is 0 Å². The quantitative estimate of drug-likeness (QED) is 0.507. The first-order valence-electron chi connectivity index (χ1n) is 9.99. The highest BCUT2D eigenvalue weighted by atomic mass is 16.5. The lowest BCUT2D eigenvalue weighted by Gasteiger charge is -2.30. The first-order valence-corrected chi connectivity index (χ1v) is 9.99. The van der Waals surface area contributed by atoms with Crippen LogP contribution in [-0.4, -0.2) is 26.5 Å². The molecule has 6 heteroatoms.